The number of carbonyl (C=O) groups excluding carboxylic acids is 1. The van der Waals surface area contributed by atoms with E-state index in [2.05, 4.69) is 5.32 Å². The summed E-state index contributed by atoms with van der Waals surface area (Å²) in [4.78, 5) is 24.3. The highest BCUT2D eigenvalue weighted by molar-refractivity contribution is 5.71. The van der Waals surface area contributed by atoms with E-state index in [0.29, 0.717) is 36.6 Å². The third-order valence-corrected chi connectivity index (χ3v) is 6.45. The van der Waals surface area contributed by atoms with Gasteiger partial charge in [0.2, 0.25) is 6.41 Å². The molecule has 0 saturated heterocycles. The molecule has 1 aliphatic carbocycles. The molecule has 7 nitrogen and oxygen atoms in total. The average molecular weight is 475 g/mol. The number of benzene rings is 3. The molecule has 2 N–H and O–H groups in total. The average Bonchev–Trinajstić information content (AvgIpc) is 3.30. The van der Waals surface area contributed by atoms with Crippen LogP contribution in [-0.2, 0) is 9.59 Å². The molecule has 0 bridgehead atoms. The van der Waals surface area contributed by atoms with Gasteiger partial charge in [-0.15, -0.1) is 0 Å². The van der Waals surface area contributed by atoms with E-state index in [9.17, 15) is 14.7 Å². The first-order valence-electron chi connectivity index (χ1n) is 11.7. The first-order valence-corrected chi connectivity index (χ1v) is 11.7. The molecular formula is C28H30N2O5. The fourth-order valence-corrected chi connectivity index (χ4v) is 4.41. The third kappa shape index (κ3) is 6.32. The van der Waals surface area contributed by atoms with Gasteiger partial charge >= 0.3 is 5.97 Å². The number of hydrogen-bond donors (Lipinski definition) is 2. The lowest BCUT2D eigenvalue weighted by molar-refractivity contribution is -0.143. The molecule has 3 aromatic carbocycles. The zero-order valence-electron chi connectivity index (χ0n) is 19.9. The molecule has 182 valence electrons. The number of carboxylic acids is 1. The van der Waals surface area contributed by atoms with E-state index < -0.39 is 11.9 Å². The molecular weight excluding hydrogens is 444 g/mol. The fraction of sp³-hybridized carbons (Fsp3) is 0.286. The number of nitrogens with one attached hydrogen (secondary N) is 1. The van der Waals surface area contributed by atoms with Crippen molar-refractivity contribution in [3.05, 3.63) is 78.4 Å². The Kier molecular flexibility index (Phi) is 7.55. The molecule has 4 rings (SSSR count). The summed E-state index contributed by atoms with van der Waals surface area (Å²) < 4.78 is 11.9. The van der Waals surface area contributed by atoms with Crippen LogP contribution >= 0.6 is 0 Å². The van der Waals surface area contributed by atoms with E-state index in [0.717, 1.165) is 17.8 Å². The zero-order chi connectivity index (χ0) is 24.8. The highest BCUT2D eigenvalue weighted by Gasteiger charge is 2.40. The Hall–Kier alpha value is -4.00. The molecule has 0 heterocycles. The van der Waals surface area contributed by atoms with Crippen LogP contribution in [-0.4, -0.2) is 42.0 Å². The molecule has 0 aromatic heterocycles. The van der Waals surface area contributed by atoms with Crippen molar-refractivity contribution in [1.82, 2.24) is 4.90 Å². The summed E-state index contributed by atoms with van der Waals surface area (Å²) in [6.07, 6.45) is 1.92. The number of ether oxygens (including phenoxy) is 2. The number of amides is 1. The van der Waals surface area contributed by atoms with Crippen LogP contribution in [0.2, 0.25) is 0 Å². The van der Waals surface area contributed by atoms with Gasteiger partial charge in [-0.25, -0.2) is 0 Å². The molecule has 1 amide bonds. The van der Waals surface area contributed by atoms with Gasteiger partial charge in [0.25, 0.3) is 0 Å². The minimum absolute atomic E-state index is 0.0399. The van der Waals surface area contributed by atoms with Gasteiger partial charge in [-0.3, -0.25) is 9.59 Å². The molecule has 35 heavy (non-hydrogen) atoms. The van der Waals surface area contributed by atoms with Crippen molar-refractivity contribution in [3.63, 3.8) is 0 Å². The molecule has 1 fully saturated rings. The highest BCUT2D eigenvalue weighted by atomic mass is 16.5. The summed E-state index contributed by atoms with van der Waals surface area (Å²) in [5, 5.41) is 12.9. The number of carbonyl (C=O) groups is 2. The Morgan fingerprint density at radius 2 is 1.57 bits per heavy atom. The van der Waals surface area contributed by atoms with Crippen molar-refractivity contribution < 1.29 is 24.2 Å². The fourth-order valence-electron chi connectivity index (χ4n) is 4.41. The number of carboxylic acid groups (broad SMARTS) is 1. The van der Waals surface area contributed by atoms with Gasteiger partial charge in [0, 0.05) is 31.4 Å². The summed E-state index contributed by atoms with van der Waals surface area (Å²) in [6.45, 7) is 2.56. The first-order chi connectivity index (χ1) is 16.9. The van der Waals surface area contributed by atoms with Gasteiger partial charge in [0.1, 0.15) is 23.0 Å². The summed E-state index contributed by atoms with van der Waals surface area (Å²) in [5.74, 6) is 1.47. The van der Waals surface area contributed by atoms with Crippen LogP contribution in [0.3, 0.4) is 0 Å². The minimum atomic E-state index is -0.809. The number of aryl methyl sites for hydroxylation is 1. The number of nitrogens with zero attached hydrogens (tertiary/aromatic N) is 1. The first kappa shape index (κ1) is 24.1. The molecule has 1 aliphatic rings. The van der Waals surface area contributed by atoms with Gasteiger partial charge in [0.05, 0.1) is 5.92 Å². The van der Waals surface area contributed by atoms with E-state index in [4.69, 9.17) is 9.47 Å². The van der Waals surface area contributed by atoms with Crippen molar-refractivity contribution in [3.8, 4) is 23.0 Å². The Morgan fingerprint density at radius 3 is 2.14 bits per heavy atom. The molecule has 7 heteroatoms. The zero-order valence-corrected chi connectivity index (χ0v) is 19.9. The Morgan fingerprint density at radius 1 is 0.971 bits per heavy atom. The third-order valence-electron chi connectivity index (χ3n) is 6.45. The highest BCUT2D eigenvalue weighted by Crippen LogP contribution is 2.35. The van der Waals surface area contributed by atoms with Crippen LogP contribution in [0.4, 0.5) is 5.69 Å². The van der Waals surface area contributed by atoms with E-state index in [1.54, 1.807) is 11.9 Å². The van der Waals surface area contributed by atoms with Crippen LogP contribution in [0, 0.1) is 18.8 Å². The Labute approximate surface area is 205 Å². The monoisotopic (exact) mass is 474 g/mol. The molecule has 0 spiro atoms. The molecule has 3 aromatic rings. The standard InChI is InChI=1S/C28H30N2O5/c1-19-6-10-23(11-7-19)34-25-4-3-5-26(16-25)35-24-12-8-21(9-13-24)29-17-20-14-22(30(2)18-31)15-27(20)28(32)33/h3-13,16,18,20,22,27,29H,14-15,17H2,1-2H3,(H,32,33). The molecule has 1 saturated carbocycles. The second kappa shape index (κ2) is 11.0. The van der Waals surface area contributed by atoms with Gasteiger partial charge in [-0.05, 0) is 74.2 Å². The summed E-state index contributed by atoms with van der Waals surface area (Å²) in [5.41, 5.74) is 2.05. The lowest BCUT2D eigenvalue weighted by atomic mass is 9.96. The normalized spacial score (nSPS) is 19.1. The summed E-state index contributed by atoms with van der Waals surface area (Å²) in [6, 6.07) is 22.8. The number of aliphatic carboxylic acids is 1. The topological polar surface area (TPSA) is 88.1 Å². The van der Waals surface area contributed by atoms with Gasteiger partial charge in [-0.2, -0.15) is 0 Å². The molecule has 3 unspecified atom stereocenters. The predicted octanol–water partition coefficient (Wildman–Crippen LogP) is 5.56. The predicted molar refractivity (Wildman–Crippen MR) is 134 cm³/mol. The van der Waals surface area contributed by atoms with E-state index in [1.165, 1.54) is 5.56 Å². The number of anilines is 1. The number of rotatable bonds is 10. The van der Waals surface area contributed by atoms with E-state index >= 15 is 0 Å². The van der Waals surface area contributed by atoms with Gasteiger partial charge < -0.3 is 24.8 Å². The second-order valence-corrected chi connectivity index (χ2v) is 9.00. The van der Waals surface area contributed by atoms with Gasteiger partial charge in [0.15, 0.2) is 0 Å². The summed E-state index contributed by atoms with van der Waals surface area (Å²) >= 11 is 0. The van der Waals surface area contributed by atoms with Crippen LogP contribution in [0.1, 0.15) is 18.4 Å². The van der Waals surface area contributed by atoms with Crippen molar-refractivity contribution in [2.24, 2.45) is 11.8 Å². The molecule has 0 aliphatic heterocycles. The quantitative estimate of drug-likeness (QED) is 0.374. The smallest absolute Gasteiger partial charge is 0.306 e. The minimum Gasteiger partial charge on any atom is -0.481 e. The second-order valence-electron chi connectivity index (χ2n) is 9.00. The van der Waals surface area contributed by atoms with Crippen molar-refractivity contribution in [1.29, 1.82) is 0 Å². The van der Waals surface area contributed by atoms with Crippen molar-refractivity contribution in [2.45, 2.75) is 25.8 Å². The van der Waals surface area contributed by atoms with Gasteiger partial charge in [-0.1, -0.05) is 23.8 Å². The largest absolute Gasteiger partial charge is 0.481 e. The Balaban J connectivity index is 1.33. The Bertz CT molecular complexity index is 1150. The molecule has 0 radical (unpaired) electrons. The number of hydrogen-bond acceptors (Lipinski definition) is 5. The van der Waals surface area contributed by atoms with Crippen molar-refractivity contribution >= 4 is 18.1 Å². The molecule has 3 atom stereocenters. The van der Waals surface area contributed by atoms with E-state index in [1.807, 2.05) is 79.7 Å². The summed E-state index contributed by atoms with van der Waals surface area (Å²) in [7, 11) is 1.70. The maximum Gasteiger partial charge on any atom is 0.306 e. The maximum absolute atomic E-state index is 11.7. The SMILES string of the molecule is Cc1ccc(Oc2cccc(Oc3ccc(NCC4CC(N(C)C=O)CC4C(=O)O)cc3)c2)cc1. The van der Waals surface area contributed by atoms with E-state index in [-0.39, 0.29) is 12.0 Å². The van der Waals surface area contributed by atoms with Crippen LogP contribution < -0.4 is 14.8 Å². The van der Waals surface area contributed by atoms with Crippen LogP contribution in [0.15, 0.2) is 72.8 Å². The maximum atomic E-state index is 11.7. The van der Waals surface area contributed by atoms with Crippen LogP contribution in [0.25, 0.3) is 0 Å². The lowest BCUT2D eigenvalue weighted by Crippen LogP contribution is -2.28. The lowest BCUT2D eigenvalue weighted by Gasteiger charge is -2.19. The van der Waals surface area contributed by atoms with Crippen LogP contribution in [0.5, 0.6) is 23.0 Å². The van der Waals surface area contributed by atoms with Crippen molar-refractivity contribution in [2.75, 3.05) is 18.9 Å².